The molecule has 5 nitrogen and oxygen atoms in total. The Kier molecular flexibility index (Phi) is 7.52. The Labute approximate surface area is 164 Å². The van der Waals surface area contributed by atoms with Gasteiger partial charge in [-0.2, -0.15) is 4.31 Å². The van der Waals surface area contributed by atoms with Crippen LogP contribution in [0.25, 0.3) is 0 Å². The molecule has 8 heteroatoms. The van der Waals surface area contributed by atoms with E-state index in [9.17, 15) is 17.6 Å². The molecule has 0 aliphatic rings. The Bertz CT molecular complexity index is 836. The Morgan fingerprint density at radius 2 is 1.85 bits per heavy atom. The minimum atomic E-state index is -3.51. The van der Waals surface area contributed by atoms with E-state index < -0.39 is 10.0 Å². The number of halogens is 1. The van der Waals surface area contributed by atoms with Gasteiger partial charge in [0.15, 0.2) is 0 Å². The third-order valence-electron chi connectivity index (χ3n) is 4.37. The van der Waals surface area contributed by atoms with Crippen LogP contribution in [0.3, 0.4) is 0 Å². The number of nitrogens with zero attached hydrogens (tertiary/aromatic N) is 2. The van der Waals surface area contributed by atoms with Gasteiger partial charge in [-0.25, -0.2) is 12.8 Å². The van der Waals surface area contributed by atoms with Crippen LogP contribution in [0, 0.1) is 5.82 Å². The molecule has 0 saturated heterocycles. The van der Waals surface area contributed by atoms with Gasteiger partial charge in [0, 0.05) is 17.5 Å². The van der Waals surface area contributed by atoms with Crippen LogP contribution < -0.4 is 0 Å². The van der Waals surface area contributed by atoms with Crippen molar-refractivity contribution >= 4 is 27.3 Å². The predicted octanol–water partition coefficient (Wildman–Crippen LogP) is 3.48. The van der Waals surface area contributed by atoms with E-state index in [1.54, 1.807) is 24.0 Å². The lowest BCUT2D eigenvalue weighted by atomic mass is 10.2. The summed E-state index contributed by atoms with van der Waals surface area (Å²) >= 11 is 1.53. The van der Waals surface area contributed by atoms with Crippen LogP contribution in [0.15, 0.2) is 41.8 Å². The van der Waals surface area contributed by atoms with Crippen molar-refractivity contribution in [1.82, 2.24) is 9.21 Å². The van der Waals surface area contributed by atoms with Gasteiger partial charge >= 0.3 is 0 Å². The molecule has 1 heterocycles. The first kappa shape index (κ1) is 21.5. The first-order chi connectivity index (χ1) is 12.7. The van der Waals surface area contributed by atoms with Crippen molar-refractivity contribution in [3.05, 3.63) is 58.0 Å². The molecule has 2 rings (SSSR count). The summed E-state index contributed by atoms with van der Waals surface area (Å²) < 4.78 is 38.6. The van der Waals surface area contributed by atoms with Crippen molar-refractivity contribution in [2.45, 2.75) is 39.4 Å². The average molecular weight is 413 g/mol. The standard InChI is InChI=1S/C19H25FN2O3S2/c1-4-15(2)22(27(3,24)25)14-19(23)21(13-18-6-5-11-26-18)12-16-7-9-17(20)10-8-16/h5-11,15H,4,12-14H2,1-3H3/t15-/m0/s1. The molecule has 1 aromatic carbocycles. The highest BCUT2D eigenvalue weighted by molar-refractivity contribution is 7.88. The van der Waals surface area contributed by atoms with E-state index in [2.05, 4.69) is 0 Å². The number of amides is 1. The third kappa shape index (κ3) is 6.41. The second-order valence-corrected chi connectivity index (χ2v) is 9.49. The summed E-state index contributed by atoms with van der Waals surface area (Å²) in [7, 11) is -3.51. The lowest BCUT2D eigenvalue weighted by Crippen LogP contribution is -2.45. The number of thiophene rings is 1. The van der Waals surface area contributed by atoms with Crippen LogP contribution in [0.5, 0.6) is 0 Å². The minimum Gasteiger partial charge on any atom is -0.332 e. The van der Waals surface area contributed by atoms with Crippen molar-refractivity contribution in [2.75, 3.05) is 12.8 Å². The second-order valence-electron chi connectivity index (χ2n) is 6.52. The molecule has 148 valence electrons. The fourth-order valence-electron chi connectivity index (χ4n) is 2.67. The van der Waals surface area contributed by atoms with Crippen molar-refractivity contribution in [1.29, 1.82) is 0 Å². The molecule has 0 bridgehead atoms. The molecule has 1 aromatic heterocycles. The average Bonchev–Trinajstić information content (AvgIpc) is 3.12. The quantitative estimate of drug-likeness (QED) is 0.634. The SMILES string of the molecule is CC[C@H](C)N(CC(=O)N(Cc1ccc(F)cc1)Cc1cccs1)S(C)(=O)=O. The first-order valence-electron chi connectivity index (χ1n) is 8.72. The summed E-state index contributed by atoms with van der Waals surface area (Å²) in [5.74, 6) is -0.617. The van der Waals surface area contributed by atoms with Gasteiger partial charge in [0.25, 0.3) is 0 Å². The first-order valence-corrected chi connectivity index (χ1v) is 11.4. The van der Waals surface area contributed by atoms with E-state index in [0.717, 1.165) is 16.7 Å². The van der Waals surface area contributed by atoms with Gasteiger partial charge < -0.3 is 4.90 Å². The lowest BCUT2D eigenvalue weighted by molar-refractivity contribution is -0.133. The highest BCUT2D eigenvalue weighted by Gasteiger charge is 2.27. The molecule has 0 unspecified atom stereocenters. The van der Waals surface area contributed by atoms with Gasteiger partial charge in [0.2, 0.25) is 15.9 Å². The molecule has 1 atom stereocenters. The van der Waals surface area contributed by atoms with Gasteiger partial charge in [-0.15, -0.1) is 11.3 Å². The largest absolute Gasteiger partial charge is 0.332 e. The Balaban J connectivity index is 2.22. The topological polar surface area (TPSA) is 57.7 Å². The van der Waals surface area contributed by atoms with Crippen molar-refractivity contribution in [3.8, 4) is 0 Å². The minimum absolute atomic E-state index is 0.208. The van der Waals surface area contributed by atoms with E-state index in [1.807, 2.05) is 24.4 Å². The number of benzene rings is 1. The Morgan fingerprint density at radius 3 is 2.37 bits per heavy atom. The zero-order chi connectivity index (χ0) is 20.0. The molecule has 0 aliphatic carbocycles. The molecule has 2 aromatic rings. The maximum atomic E-state index is 13.2. The summed E-state index contributed by atoms with van der Waals surface area (Å²) in [6.07, 6.45) is 1.74. The van der Waals surface area contributed by atoms with Crippen LogP contribution in [-0.2, 0) is 27.9 Å². The van der Waals surface area contributed by atoms with E-state index >= 15 is 0 Å². The van der Waals surface area contributed by atoms with Gasteiger partial charge in [0.05, 0.1) is 19.3 Å². The van der Waals surface area contributed by atoms with E-state index in [0.29, 0.717) is 13.0 Å². The smallest absolute Gasteiger partial charge is 0.238 e. The van der Waals surface area contributed by atoms with Crippen LogP contribution >= 0.6 is 11.3 Å². The molecule has 1 amide bonds. The Morgan fingerprint density at radius 1 is 1.19 bits per heavy atom. The zero-order valence-electron chi connectivity index (χ0n) is 15.8. The summed E-state index contributed by atoms with van der Waals surface area (Å²) in [6, 6.07) is 9.54. The molecule has 0 saturated carbocycles. The van der Waals surface area contributed by atoms with Crippen LogP contribution in [0.2, 0.25) is 0 Å². The summed E-state index contributed by atoms with van der Waals surface area (Å²) in [5, 5.41) is 1.93. The highest BCUT2D eigenvalue weighted by Crippen LogP contribution is 2.17. The van der Waals surface area contributed by atoms with E-state index in [1.165, 1.54) is 27.8 Å². The van der Waals surface area contributed by atoms with Gasteiger partial charge in [-0.05, 0) is 42.5 Å². The molecule has 0 fully saturated rings. The molecular formula is C19H25FN2O3S2. The molecule has 0 N–H and O–H groups in total. The van der Waals surface area contributed by atoms with Crippen LogP contribution in [-0.4, -0.2) is 42.4 Å². The maximum Gasteiger partial charge on any atom is 0.238 e. The molecule has 0 spiro atoms. The lowest BCUT2D eigenvalue weighted by Gasteiger charge is -2.29. The number of hydrogen-bond acceptors (Lipinski definition) is 4. The molecule has 0 aliphatic heterocycles. The number of carbonyl (C=O) groups excluding carboxylic acids is 1. The fourth-order valence-corrected chi connectivity index (χ4v) is 4.54. The van der Waals surface area contributed by atoms with Crippen molar-refractivity contribution in [2.24, 2.45) is 0 Å². The van der Waals surface area contributed by atoms with Crippen molar-refractivity contribution in [3.63, 3.8) is 0 Å². The van der Waals surface area contributed by atoms with E-state index in [-0.39, 0.29) is 30.9 Å². The summed E-state index contributed by atoms with van der Waals surface area (Å²) in [4.78, 5) is 15.6. The maximum absolute atomic E-state index is 13.2. The predicted molar refractivity (Wildman–Crippen MR) is 106 cm³/mol. The van der Waals surface area contributed by atoms with Gasteiger partial charge in [0.1, 0.15) is 5.82 Å². The number of hydrogen-bond donors (Lipinski definition) is 0. The third-order valence-corrected chi connectivity index (χ3v) is 6.57. The summed E-state index contributed by atoms with van der Waals surface area (Å²) in [5.41, 5.74) is 0.788. The monoisotopic (exact) mass is 412 g/mol. The van der Waals surface area contributed by atoms with Gasteiger partial charge in [-0.1, -0.05) is 25.1 Å². The van der Waals surface area contributed by atoms with E-state index in [4.69, 9.17) is 0 Å². The van der Waals surface area contributed by atoms with Crippen molar-refractivity contribution < 1.29 is 17.6 Å². The second kappa shape index (κ2) is 9.43. The normalized spacial score (nSPS) is 12.9. The molecule has 27 heavy (non-hydrogen) atoms. The number of carbonyl (C=O) groups is 1. The van der Waals surface area contributed by atoms with Crippen LogP contribution in [0.4, 0.5) is 4.39 Å². The number of sulfonamides is 1. The molecule has 0 radical (unpaired) electrons. The summed E-state index contributed by atoms with van der Waals surface area (Å²) in [6.45, 7) is 4.13. The zero-order valence-corrected chi connectivity index (χ0v) is 17.4. The fraction of sp³-hybridized carbons (Fsp3) is 0.421. The van der Waals surface area contributed by atoms with Crippen LogP contribution in [0.1, 0.15) is 30.7 Å². The number of rotatable bonds is 9. The van der Waals surface area contributed by atoms with Gasteiger partial charge in [-0.3, -0.25) is 4.79 Å². The highest BCUT2D eigenvalue weighted by atomic mass is 32.2. The Hall–Kier alpha value is -1.77. The molecular weight excluding hydrogens is 387 g/mol.